The van der Waals surface area contributed by atoms with E-state index in [0.29, 0.717) is 27.2 Å². The highest BCUT2D eigenvalue weighted by Crippen LogP contribution is 2.37. The fraction of sp³-hybridized carbons (Fsp3) is 0.0952. The van der Waals surface area contributed by atoms with Crippen LogP contribution in [0.5, 0.6) is 11.5 Å². The number of methoxy groups -OCH3 is 2. The van der Waals surface area contributed by atoms with E-state index in [1.807, 2.05) is 30.3 Å². The fourth-order valence-corrected chi connectivity index (χ4v) is 3.46. The number of para-hydroxylation sites is 1. The summed E-state index contributed by atoms with van der Waals surface area (Å²) >= 11 is 3.43. The lowest BCUT2D eigenvalue weighted by molar-refractivity contribution is 0.353. The molecule has 7 nitrogen and oxygen atoms in total. The van der Waals surface area contributed by atoms with E-state index >= 15 is 0 Å². The maximum atomic E-state index is 9.74. The fourth-order valence-electron chi connectivity index (χ4n) is 2.84. The zero-order valence-electron chi connectivity index (χ0n) is 15.7. The molecule has 8 heteroatoms. The van der Waals surface area contributed by atoms with Crippen LogP contribution >= 0.6 is 15.9 Å². The highest BCUT2D eigenvalue weighted by atomic mass is 79.9. The highest BCUT2D eigenvalue weighted by Gasteiger charge is 2.20. The van der Waals surface area contributed by atoms with Gasteiger partial charge in [-0.3, -0.25) is 0 Å². The van der Waals surface area contributed by atoms with E-state index < -0.39 is 0 Å². The van der Waals surface area contributed by atoms with Gasteiger partial charge in [0, 0.05) is 0 Å². The summed E-state index contributed by atoms with van der Waals surface area (Å²) < 4.78 is 12.8. The molecule has 144 valence electrons. The number of nitrogen functional groups attached to an aromatic ring is 1. The van der Waals surface area contributed by atoms with Crippen molar-refractivity contribution < 1.29 is 9.47 Å². The highest BCUT2D eigenvalue weighted by molar-refractivity contribution is 9.10. The number of anilines is 1. The van der Waals surface area contributed by atoms with E-state index in [2.05, 4.69) is 33.2 Å². The molecule has 0 spiro atoms. The average molecular weight is 450 g/mol. The largest absolute Gasteiger partial charge is 0.493 e. The lowest BCUT2D eigenvalue weighted by Gasteiger charge is -2.10. The van der Waals surface area contributed by atoms with Crippen molar-refractivity contribution in [2.45, 2.75) is 0 Å². The van der Waals surface area contributed by atoms with Gasteiger partial charge in [-0.1, -0.05) is 18.2 Å². The average Bonchev–Trinajstić information content (AvgIpc) is 3.08. The van der Waals surface area contributed by atoms with Crippen LogP contribution in [-0.2, 0) is 0 Å². The smallest absolute Gasteiger partial charge is 0.174 e. The van der Waals surface area contributed by atoms with Gasteiger partial charge >= 0.3 is 0 Å². The summed E-state index contributed by atoms with van der Waals surface area (Å²) in [4.78, 5) is 0. The molecule has 0 saturated heterocycles. The molecule has 3 rings (SSSR count). The van der Waals surface area contributed by atoms with Crippen molar-refractivity contribution in [1.82, 2.24) is 9.78 Å². The zero-order chi connectivity index (χ0) is 21.0. The first-order valence-electron chi connectivity index (χ1n) is 8.41. The number of nitrogens with zero attached hydrogens (tertiary/aromatic N) is 4. The minimum absolute atomic E-state index is 0.140. The Labute approximate surface area is 176 Å². The number of hydrogen-bond acceptors (Lipinski definition) is 6. The molecule has 2 N–H and O–H groups in total. The summed E-state index contributed by atoms with van der Waals surface area (Å²) in [5.74, 6) is 1.21. The minimum atomic E-state index is 0.140. The van der Waals surface area contributed by atoms with Crippen LogP contribution in [0.3, 0.4) is 0 Å². The molecular formula is C21H16BrN5O2. The summed E-state index contributed by atoms with van der Waals surface area (Å²) in [7, 11) is 3.07. The third kappa shape index (κ3) is 3.79. The van der Waals surface area contributed by atoms with Crippen molar-refractivity contribution in [1.29, 1.82) is 10.5 Å². The van der Waals surface area contributed by atoms with Gasteiger partial charge in [0.1, 0.15) is 29.2 Å². The van der Waals surface area contributed by atoms with Gasteiger partial charge in [0.15, 0.2) is 11.5 Å². The number of aromatic nitrogens is 2. The van der Waals surface area contributed by atoms with Crippen molar-refractivity contribution in [3.05, 3.63) is 63.8 Å². The molecule has 0 aliphatic heterocycles. The monoisotopic (exact) mass is 449 g/mol. The van der Waals surface area contributed by atoms with Gasteiger partial charge in [-0.05, 0) is 51.8 Å². The topological polar surface area (TPSA) is 110 Å². The second-order valence-corrected chi connectivity index (χ2v) is 6.73. The summed E-state index contributed by atoms with van der Waals surface area (Å²) in [5, 5.41) is 23.8. The SMILES string of the molecule is COc1cc(C=C(C#N)c2nn(-c3ccccc3)c(N)c2C#N)cc(Br)c1OC. The number of halogens is 1. The van der Waals surface area contributed by atoms with Crippen LogP contribution in [0.4, 0.5) is 5.82 Å². The van der Waals surface area contributed by atoms with Crippen LogP contribution in [0.25, 0.3) is 17.3 Å². The molecule has 2 aromatic carbocycles. The van der Waals surface area contributed by atoms with E-state index in [1.54, 1.807) is 18.2 Å². The standard InChI is InChI=1S/C21H16BrN5O2/c1-28-18-10-13(9-17(22)20(18)29-2)8-14(11-23)19-16(12-24)21(25)27(26-19)15-6-4-3-5-7-15/h3-10H,25H2,1-2H3. The molecule has 0 atom stereocenters. The molecule has 0 unspecified atom stereocenters. The Balaban J connectivity index is 2.16. The van der Waals surface area contributed by atoms with E-state index in [9.17, 15) is 10.5 Å². The Morgan fingerprint density at radius 3 is 2.48 bits per heavy atom. The van der Waals surface area contributed by atoms with Crippen LogP contribution in [0, 0.1) is 22.7 Å². The number of ether oxygens (including phenoxy) is 2. The Kier molecular flexibility index (Phi) is 5.87. The lowest BCUT2D eigenvalue weighted by atomic mass is 10.1. The molecule has 3 aromatic rings. The number of allylic oxidation sites excluding steroid dienone is 1. The van der Waals surface area contributed by atoms with Gasteiger partial charge in [-0.2, -0.15) is 15.6 Å². The third-order valence-corrected chi connectivity index (χ3v) is 4.77. The first kappa shape index (κ1) is 20.0. The van der Waals surface area contributed by atoms with E-state index in [0.717, 1.165) is 0 Å². The van der Waals surface area contributed by atoms with E-state index in [1.165, 1.54) is 18.9 Å². The predicted octanol–water partition coefficient (Wildman–Crippen LogP) is 4.17. The maximum absolute atomic E-state index is 9.74. The van der Waals surface area contributed by atoms with Crippen molar-refractivity contribution in [2.24, 2.45) is 0 Å². The van der Waals surface area contributed by atoms with Gasteiger partial charge in [0.2, 0.25) is 0 Å². The van der Waals surface area contributed by atoms with Gasteiger partial charge in [0.05, 0.1) is 30.0 Å². The van der Waals surface area contributed by atoms with Crippen molar-refractivity contribution in [3.8, 4) is 29.3 Å². The molecule has 29 heavy (non-hydrogen) atoms. The van der Waals surface area contributed by atoms with Crippen molar-refractivity contribution in [3.63, 3.8) is 0 Å². The molecule has 1 aromatic heterocycles. The van der Waals surface area contributed by atoms with Crippen molar-refractivity contribution in [2.75, 3.05) is 20.0 Å². The number of nitriles is 2. The lowest BCUT2D eigenvalue weighted by Crippen LogP contribution is -2.02. The van der Waals surface area contributed by atoms with Crippen molar-refractivity contribution >= 4 is 33.4 Å². The van der Waals surface area contributed by atoms with Gasteiger partial charge < -0.3 is 15.2 Å². The molecule has 0 fully saturated rings. The summed E-state index contributed by atoms with van der Waals surface area (Å²) in [6.07, 6.45) is 1.62. The Bertz CT molecular complexity index is 1170. The van der Waals surface area contributed by atoms with E-state index in [4.69, 9.17) is 15.2 Å². The number of rotatable bonds is 5. The predicted molar refractivity (Wildman–Crippen MR) is 113 cm³/mol. The normalized spacial score (nSPS) is 10.9. The van der Waals surface area contributed by atoms with Crippen LogP contribution in [0.1, 0.15) is 16.8 Å². The summed E-state index contributed by atoms with van der Waals surface area (Å²) in [6, 6.07) is 16.8. The first-order chi connectivity index (χ1) is 14.0. The Morgan fingerprint density at radius 1 is 1.17 bits per heavy atom. The number of nitrogens with two attached hydrogens (primary N) is 1. The molecular weight excluding hydrogens is 434 g/mol. The van der Waals surface area contributed by atoms with Crippen LogP contribution < -0.4 is 15.2 Å². The van der Waals surface area contributed by atoms with Gasteiger partial charge in [0.25, 0.3) is 0 Å². The molecule has 0 bridgehead atoms. The third-order valence-electron chi connectivity index (χ3n) is 4.18. The minimum Gasteiger partial charge on any atom is -0.493 e. The Hall–Kier alpha value is -3.75. The van der Waals surface area contributed by atoms with Crippen LogP contribution in [0.2, 0.25) is 0 Å². The number of benzene rings is 2. The maximum Gasteiger partial charge on any atom is 0.174 e. The zero-order valence-corrected chi connectivity index (χ0v) is 17.3. The first-order valence-corrected chi connectivity index (χ1v) is 9.21. The molecule has 0 aliphatic carbocycles. The van der Waals surface area contributed by atoms with Crippen LogP contribution in [0.15, 0.2) is 46.9 Å². The summed E-state index contributed by atoms with van der Waals surface area (Å²) in [6.45, 7) is 0. The quantitative estimate of drug-likeness (QED) is 0.585. The van der Waals surface area contributed by atoms with Gasteiger partial charge in [-0.25, -0.2) is 4.68 Å². The van der Waals surface area contributed by atoms with Gasteiger partial charge in [-0.15, -0.1) is 0 Å². The molecule has 0 radical (unpaired) electrons. The second-order valence-electron chi connectivity index (χ2n) is 5.88. The second kappa shape index (κ2) is 8.51. The van der Waals surface area contributed by atoms with Crippen LogP contribution in [-0.4, -0.2) is 24.0 Å². The van der Waals surface area contributed by atoms with E-state index in [-0.39, 0.29) is 22.6 Å². The molecule has 0 amide bonds. The summed E-state index contributed by atoms with van der Waals surface area (Å²) in [5.41, 5.74) is 8.05. The Morgan fingerprint density at radius 2 is 1.90 bits per heavy atom. The molecule has 0 saturated carbocycles. The molecule has 1 heterocycles. The number of hydrogen-bond donors (Lipinski definition) is 1. The molecule has 0 aliphatic rings.